The number of nitrogens with one attached hydrogen (secondary N) is 1. The zero-order valence-corrected chi connectivity index (χ0v) is 7.92. The number of aromatic nitrogens is 3. The molecular formula is C7H6BrN3O. The van der Waals surface area contributed by atoms with Gasteiger partial charge in [0.25, 0.3) is 0 Å². The molecule has 0 saturated carbocycles. The third kappa shape index (κ3) is 0.896. The van der Waals surface area contributed by atoms with Crippen LogP contribution in [-0.4, -0.2) is 14.5 Å². The Morgan fingerprint density at radius 1 is 1.58 bits per heavy atom. The number of fused-ring (bicyclic) bond motifs is 1. The molecule has 5 heteroatoms. The van der Waals surface area contributed by atoms with Gasteiger partial charge in [0.1, 0.15) is 0 Å². The van der Waals surface area contributed by atoms with Crippen molar-refractivity contribution in [1.29, 1.82) is 0 Å². The van der Waals surface area contributed by atoms with Gasteiger partial charge < -0.3 is 4.98 Å². The number of aromatic amines is 1. The van der Waals surface area contributed by atoms with Crippen molar-refractivity contribution >= 4 is 27.0 Å². The Morgan fingerprint density at radius 2 is 2.33 bits per heavy atom. The highest BCUT2D eigenvalue weighted by Crippen LogP contribution is 2.17. The standard InChI is InChI=1S/C7H6BrN3O/c1-11-5-3-9-2-4(8)6(5)10-7(11)12/h2-3H,1H3,(H,10,12). The lowest BCUT2D eigenvalue weighted by Crippen LogP contribution is -2.11. The number of nitrogens with zero attached hydrogens (tertiary/aromatic N) is 2. The maximum absolute atomic E-state index is 11.1. The quantitative estimate of drug-likeness (QED) is 0.731. The van der Waals surface area contributed by atoms with Crippen LogP contribution < -0.4 is 5.69 Å². The molecule has 0 unspecified atom stereocenters. The Kier molecular flexibility index (Phi) is 1.54. The fraction of sp³-hybridized carbons (Fsp3) is 0.143. The van der Waals surface area contributed by atoms with Crippen molar-refractivity contribution < 1.29 is 0 Å². The van der Waals surface area contributed by atoms with Crippen molar-refractivity contribution in [2.75, 3.05) is 0 Å². The van der Waals surface area contributed by atoms with Gasteiger partial charge in [0.05, 0.1) is 21.7 Å². The van der Waals surface area contributed by atoms with Crippen molar-refractivity contribution in [2.24, 2.45) is 7.05 Å². The highest BCUT2D eigenvalue weighted by molar-refractivity contribution is 9.10. The Morgan fingerprint density at radius 3 is 3.00 bits per heavy atom. The van der Waals surface area contributed by atoms with E-state index in [4.69, 9.17) is 0 Å². The molecule has 0 bridgehead atoms. The molecule has 12 heavy (non-hydrogen) atoms. The molecule has 0 amide bonds. The number of halogens is 1. The van der Waals surface area contributed by atoms with Gasteiger partial charge in [-0.3, -0.25) is 9.55 Å². The lowest BCUT2D eigenvalue weighted by Gasteiger charge is -1.92. The first-order valence-corrected chi connectivity index (χ1v) is 4.17. The Labute approximate surface area is 76.4 Å². The summed E-state index contributed by atoms with van der Waals surface area (Å²) in [5, 5.41) is 0. The fourth-order valence-electron chi connectivity index (χ4n) is 1.10. The van der Waals surface area contributed by atoms with Crippen molar-refractivity contribution in [3.63, 3.8) is 0 Å². The van der Waals surface area contributed by atoms with E-state index >= 15 is 0 Å². The average molecular weight is 228 g/mol. The van der Waals surface area contributed by atoms with Crippen LogP contribution in [0.4, 0.5) is 0 Å². The van der Waals surface area contributed by atoms with E-state index in [9.17, 15) is 4.79 Å². The number of hydrogen-bond donors (Lipinski definition) is 1. The van der Waals surface area contributed by atoms with E-state index in [1.807, 2.05) is 0 Å². The summed E-state index contributed by atoms with van der Waals surface area (Å²) in [5.74, 6) is 0. The van der Waals surface area contributed by atoms with Gasteiger partial charge in [-0.15, -0.1) is 0 Å². The van der Waals surface area contributed by atoms with Gasteiger partial charge in [0.15, 0.2) is 0 Å². The second-order valence-corrected chi connectivity index (χ2v) is 3.36. The minimum Gasteiger partial charge on any atom is -0.304 e. The Balaban J connectivity index is 3.05. The average Bonchev–Trinajstić information content (AvgIpc) is 2.32. The summed E-state index contributed by atoms with van der Waals surface area (Å²) < 4.78 is 2.32. The summed E-state index contributed by atoms with van der Waals surface area (Å²) in [6.45, 7) is 0. The maximum atomic E-state index is 11.1. The minimum absolute atomic E-state index is 0.126. The van der Waals surface area contributed by atoms with E-state index in [2.05, 4.69) is 25.9 Å². The summed E-state index contributed by atoms with van der Waals surface area (Å²) >= 11 is 3.30. The summed E-state index contributed by atoms with van der Waals surface area (Å²) in [6.07, 6.45) is 3.30. The molecule has 0 aliphatic heterocycles. The largest absolute Gasteiger partial charge is 0.326 e. The molecule has 0 aliphatic carbocycles. The fourth-order valence-corrected chi connectivity index (χ4v) is 1.52. The predicted molar refractivity (Wildman–Crippen MR) is 49.0 cm³/mol. The topological polar surface area (TPSA) is 50.7 Å². The van der Waals surface area contributed by atoms with E-state index in [1.54, 1.807) is 19.4 Å². The molecular weight excluding hydrogens is 222 g/mol. The molecule has 2 heterocycles. The van der Waals surface area contributed by atoms with Crippen LogP contribution >= 0.6 is 15.9 Å². The van der Waals surface area contributed by atoms with Crippen LogP contribution in [0.1, 0.15) is 0 Å². The first-order chi connectivity index (χ1) is 5.70. The SMILES string of the molecule is Cn1c(=O)[nH]c2c(Br)cncc21. The lowest BCUT2D eigenvalue weighted by molar-refractivity contribution is 0.890. The molecule has 0 aliphatic rings. The predicted octanol–water partition coefficient (Wildman–Crippen LogP) is 1.02. The lowest BCUT2D eigenvalue weighted by atomic mass is 10.4. The normalized spacial score (nSPS) is 10.8. The molecule has 4 nitrogen and oxygen atoms in total. The van der Waals surface area contributed by atoms with E-state index < -0.39 is 0 Å². The van der Waals surface area contributed by atoms with Crippen molar-refractivity contribution in [1.82, 2.24) is 14.5 Å². The second-order valence-electron chi connectivity index (χ2n) is 2.50. The van der Waals surface area contributed by atoms with Crippen LogP contribution in [0.15, 0.2) is 21.7 Å². The molecule has 0 spiro atoms. The second kappa shape index (κ2) is 2.45. The van der Waals surface area contributed by atoms with Crippen LogP contribution in [0.3, 0.4) is 0 Å². The molecule has 0 aromatic carbocycles. The van der Waals surface area contributed by atoms with E-state index in [0.29, 0.717) is 0 Å². The third-order valence-electron chi connectivity index (χ3n) is 1.78. The van der Waals surface area contributed by atoms with Crippen LogP contribution in [0.25, 0.3) is 11.0 Å². The van der Waals surface area contributed by atoms with Gasteiger partial charge in [-0.1, -0.05) is 0 Å². The van der Waals surface area contributed by atoms with Gasteiger partial charge >= 0.3 is 5.69 Å². The van der Waals surface area contributed by atoms with Gasteiger partial charge in [0.2, 0.25) is 0 Å². The molecule has 0 fully saturated rings. The molecule has 62 valence electrons. The van der Waals surface area contributed by atoms with E-state index in [1.165, 1.54) is 4.57 Å². The Hall–Kier alpha value is -1.10. The Bertz CT molecular complexity index is 485. The molecule has 1 N–H and O–H groups in total. The highest BCUT2D eigenvalue weighted by Gasteiger charge is 2.04. The first kappa shape index (κ1) is 7.54. The van der Waals surface area contributed by atoms with Gasteiger partial charge in [-0.05, 0) is 15.9 Å². The number of imidazole rings is 1. The molecule has 0 atom stereocenters. The number of H-pyrrole nitrogens is 1. The molecule has 2 aromatic rings. The van der Waals surface area contributed by atoms with Crippen LogP contribution in [0.5, 0.6) is 0 Å². The highest BCUT2D eigenvalue weighted by atomic mass is 79.9. The smallest absolute Gasteiger partial charge is 0.304 e. The van der Waals surface area contributed by atoms with Crippen molar-refractivity contribution in [2.45, 2.75) is 0 Å². The molecule has 2 rings (SSSR count). The van der Waals surface area contributed by atoms with E-state index in [-0.39, 0.29) is 5.69 Å². The number of hydrogen-bond acceptors (Lipinski definition) is 2. The molecule has 0 saturated heterocycles. The van der Waals surface area contributed by atoms with Crippen LogP contribution in [0.2, 0.25) is 0 Å². The summed E-state index contributed by atoms with van der Waals surface area (Å²) in [6, 6.07) is 0. The zero-order chi connectivity index (χ0) is 8.72. The molecule has 0 radical (unpaired) electrons. The third-order valence-corrected chi connectivity index (χ3v) is 2.38. The number of aryl methyl sites for hydroxylation is 1. The van der Waals surface area contributed by atoms with Crippen molar-refractivity contribution in [3.05, 3.63) is 27.4 Å². The van der Waals surface area contributed by atoms with Gasteiger partial charge in [-0.2, -0.15) is 0 Å². The summed E-state index contributed by atoms with van der Waals surface area (Å²) in [7, 11) is 1.70. The number of pyridine rings is 1. The van der Waals surface area contributed by atoms with Crippen LogP contribution in [-0.2, 0) is 7.05 Å². The summed E-state index contributed by atoms with van der Waals surface area (Å²) in [4.78, 5) is 17.8. The van der Waals surface area contributed by atoms with Gasteiger partial charge in [0, 0.05) is 13.2 Å². The molecule has 2 aromatic heterocycles. The van der Waals surface area contributed by atoms with Crippen LogP contribution in [0, 0.1) is 0 Å². The van der Waals surface area contributed by atoms with Gasteiger partial charge in [-0.25, -0.2) is 4.79 Å². The number of rotatable bonds is 0. The summed E-state index contributed by atoms with van der Waals surface area (Å²) in [5.41, 5.74) is 1.46. The van der Waals surface area contributed by atoms with Crippen molar-refractivity contribution in [3.8, 4) is 0 Å². The maximum Gasteiger partial charge on any atom is 0.326 e. The monoisotopic (exact) mass is 227 g/mol. The van der Waals surface area contributed by atoms with E-state index in [0.717, 1.165) is 15.5 Å². The zero-order valence-electron chi connectivity index (χ0n) is 6.34. The first-order valence-electron chi connectivity index (χ1n) is 3.38. The minimum atomic E-state index is -0.126.